The van der Waals surface area contributed by atoms with Gasteiger partial charge in [-0.05, 0) is 18.1 Å². The normalized spacial score (nSPS) is 20.5. The summed E-state index contributed by atoms with van der Waals surface area (Å²) >= 11 is 0. The number of hydrogen-bond acceptors (Lipinski definition) is 12. The van der Waals surface area contributed by atoms with E-state index in [0.717, 1.165) is 0 Å². The van der Waals surface area contributed by atoms with E-state index in [-0.39, 0.29) is 55.0 Å². The highest BCUT2D eigenvalue weighted by Gasteiger charge is 2.42. The van der Waals surface area contributed by atoms with Crippen molar-refractivity contribution >= 4 is 28.9 Å². The average molecular weight is 610 g/mol. The average Bonchev–Trinajstić information content (AvgIpc) is 3.51. The zero-order valence-corrected chi connectivity index (χ0v) is 23.1. The summed E-state index contributed by atoms with van der Waals surface area (Å²) in [6.07, 6.45) is -6.56. The fourth-order valence-electron chi connectivity index (χ4n) is 4.83. The highest BCUT2D eigenvalue weighted by molar-refractivity contribution is 5.82. The minimum absolute atomic E-state index is 0.0831. The van der Waals surface area contributed by atoms with Crippen molar-refractivity contribution in [2.75, 3.05) is 42.1 Å². The third-order valence-electron chi connectivity index (χ3n) is 6.85. The van der Waals surface area contributed by atoms with E-state index in [1.54, 1.807) is 15.1 Å². The number of aliphatic hydroxyl groups excluding tert-OH is 2. The molecule has 0 saturated carbocycles. The van der Waals surface area contributed by atoms with Crippen molar-refractivity contribution in [1.82, 2.24) is 15.3 Å². The molecule has 17 heteroatoms. The van der Waals surface area contributed by atoms with E-state index < -0.39 is 48.1 Å². The Labute approximate surface area is 243 Å². The lowest BCUT2D eigenvalue weighted by Gasteiger charge is -2.28. The number of nitro benzene ring substituents is 1. The maximum absolute atomic E-state index is 12.3. The van der Waals surface area contributed by atoms with Gasteiger partial charge < -0.3 is 40.5 Å². The number of carbonyl (C=O) groups excluding carboxylic acids is 1. The van der Waals surface area contributed by atoms with Gasteiger partial charge in [-0.25, -0.2) is 9.97 Å². The van der Waals surface area contributed by atoms with E-state index in [1.807, 2.05) is 13.8 Å². The minimum Gasteiger partial charge on any atom is -0.394 e. The maximum Gasteiger partial charge on any atom is 0.471 e. The summed E-state index contributed by atoms with van der Waals surface area (Å²) < 4.78 is 49.0. The first-order valence-corrected chi connectivity index (χ1v) is 13.1. The molecule has 3 heterocycles. The van der Waals surface area contributed by atoms with Crippen LogP contribution in [0.15, 0.2) is 24.5 Å². The number of alkyl halides is 3. The van der Waals surface area contributed by atoms with Crippen molar-refractivity contribution in [2.24, 2.45) is 5.92 Å². The summed E-state index contributed by atoms with van der Waals surface area (Å²) in [5, 5.41) is 33.3. The molecule has 1 unspecified atom stereocenters. The Hall–Kier alpha value is -4.24. The first-order valence-electron chi connectivity index (χ1n) is 13.1. The van der Waals surface area contributed by atoms with Gasteiger partial charge in [0.1, 0.15) is 31.1 Å². The number of aliphatic hydroxyl groups is 2. The van der Waals surface area contributed by atoms with Crippen LogP contribution < -0.4 is 20.9 Å². The molecule has 2 aromatic rings. The molecule has 1 saturated heterocycles. The number of aromatic nitrogens is 2. The summed E-state index contributed by atoms with van der Waals surface area (Å²) in [7, 11) is 0. The van der Waals surface area contributed by atoms with E-state index in [1.165, 1.54) is 24.5 Å². The molecule has 5 N–H and O–H groups in total. The molecule has 43 heavy (non-hydrogen) atoms. The Morgan fingerprint density at radius 2 is 2.12 bits per heavy atom. The fourth-order valence-corrected chi connectivity index (χ4v) is 4.83. The quantitative estimate of drug-likeness (QED) is 0.182. The number of ether oxygens (including phenoxy) is 2. The fraction of sp³-hybridized carbons (Fsp3) is 0.500. The van der Waals surface area contributed by atoms with Crippen LogP contribution in [-0.4, -0.2) is 82.2 Å². The monoisotopic (exact) mass is 609 g/mol. The highest BCUT2D eigenvalue weighted by atomic mass is 19.4. The standard InChI is InChI=1S/C26H30F3N7O7/c1-14(2)22(16-6-5-15(8-17(16)36(40)41)4-3-7-31-25(39)26(27,28)29)42-13-34-12-35(20-9-18(38)19(10-37)43-20)24-21(34)23(30)32-11-33-24/h5-6,8,11,14,18-20,22,37-38H,7,9-10,12-13H2,1-2H3,(H,31,39)(H2,30,32,33)/t18?,19-,20-,22-/m1/s1. The van der Waals surface area contributed by atoms with Crippen LogP contribution in [0.5, 0.6) is 0 Å². The van der Waals surface area contributed by atoms with Crippen LogP contribution in [0.4, 0.5) is 36.2 Å². The molecule has 14 nitrogen and oxygen atoms in total. The lowest BCUT2D eigenvalue weighted by molar-refractivity contribution is -0.386. The summed E-state index contributed by atoms with van der Waals surface area (Å²) in [6, 6.07) is 4.12. The molecule has 0 aliphatic carbocycles. The van der Waals surface area contributed by atoms with Crippen molar-refractivity contribution in [3.05, 3.63) is 45.8 Å². The number of benzene rings is 1. The van der Waals surface area contributed by atoms with Crippen LogP contribution in [0, 0.1) is 27.9 Å². The van der Waals surface area contributed by atoms with E-state index in [0.29, 0.717) is 11.5 Å². The Morgan fingerprint density at radius 1 is 1.37 bits per heavy atom. The molecular formula is C26H30F3N7O7. The topological polar surface area (TPSA) is 189 Å². The molecule has 0 bridgehead atoms. The van der Waals surface area contributed by atoms with E-state index in [9.17, 15) is 38.3 Å². The zero-order valence-electron chi connectivity index (χ0n) is 23.1. The predicted molar refractivity (Wildman–Crippen MR) is 145 cm³/mol. The SMILES string of the molecule is CC(C)[C@@H](OCN1CN([C@H]2CC(O)[C@@H](CO)O2)c2ncnc(N)c21)c1ccc(C#CCNC(=O)C(F)(F)F)cc1[N+](=O)[O-]. The number of halogens is 3. The molecule has 0 spiro atoms. The van der Waals surface area contributed by atoms with Gasteiger partial charge in [-0.15, -0.1) is 0 Å². The number of nitro groups is 1. The second-order valence-electron chi connectivity index (χ2n) is 10.2. The summed E-state index contributed by atoms with van der Waals surface area (Å²) in [4.78, 5) is 34.2. The number of nitrogens with one attached hydrogen (secondary N) is 1. The van der Waals surface area contributed by atoms with E-state index in [4.69, 9.17) is 15.2 Å². The molecule has 4 rings (SSSR count). The lowest BCUT2D eigenvalue weighted by atomic mass is 9.96. The van der Waals surface area contributed by atoms with Crippen LogP contribution in [0.2, 0.25) is 0 Å². The van der Waals surface area contributed by atoms with Crippen LogP contribution in [0.3, 0.4) is 0 Å². The van der Waals surface area contributed by atoms with Gasteiger partial charge in [0.25, 0.3) is 5.69 Å². The molecule has 4 atom stereocenters. The largest absolute Gasteiger partial charge is 0.471 e. The van der Waals surface area contributed by atoms with Crippen LogP contribution >= 0.6 is 0 Å². The number of carbonyl (C=O) groups is 1. The molecule has 2 aliphatic rings. The molecule has 1 amide bonds. The Morgan fingerprint density at radius 3 is 2.74 bits per heavy atom. The van der Waals surface area contributed by atoms with Gasteiger partial charge >= 0.3 is 12.1 Å². The second-order valence-corrected chi connectivity index (χ2v) is 10.2. The maximum atomic E-state index is 12.3. The molecule has 1 aromatic heterocycles. The number of nitrogens with two attached hydrogens (primary N) is 1. The highest BCUT2D eigenvalue weighted by Crippen LogP contribution is 2.42. The zero-order chi connectivity index (χ0) is 31.5. The Kier molecular flexibility index (Phi) is 9.55. The second kappa shape index (κ2) is 13.0. The number of hydrogen-bond donors (Lipinski definition) is 4. The first-order chi connectivity index (χ1) is 20.3. The number of nitrogens with zero attached hydrogens (tertiary/aromatic N) is 5. The minimum atomic E-state index is -5.04. The van der Waals surface area contributed by atoms with Crippen molar-refractivity contribution in [3.63, 3.8) is 0 Å². The van der Waals surface area contributed by atoms with Gasteiger partial charge in [-0.2, -0.15) is 13.2 Å². The van der Waals surface area contributed by atoms with Gasteiger partial charge in [0.15, 0.2) is 11.6 Å². The third-order valence-corrected chi connectivity index (χ3v) is 6.85. The summed E-state index contributed by atoms with van der Waals surface area (Å²) in [5.41, 5.74) is 6.72. The van der Waals surface area contributed by atoms with E-state index in [2.05, 4.69) is 21.8 Å². The number of fused-ring (bicyclic) bond motifs is 1. The molecule has 0 radical (unpaired) electrons. The van der Waals surface area contributed by atoms with Crippen LogP contribution in [-0.2, 0) is 14.3 Å². The third kappa shape index (κ3) is 7.05. The Bertz CT molecular complexity index is 1420. The van der Waals surface area contributed by atoms with Crippen molar-refractivity contribution < 1.29 is 42.6 Å². The predicted octanol–water partition coefficient (Wildman–Crippen LogP) is 1.42. The van der Waals surface area contributed by atoms with Crippen molar-refractivity contribution in [2.45, 2.75) is 51.0 Å². The number of amides is 1. The van der Waals surface area contributed by atoms with Gasteiger partial charge in [-0.3, -0.25) is 14.9 Å². The molecule has 1 fully saturated rings. The number of nitrogen functional groups attached to an aromatic ring is 1. The molecule has 232 valence electrons. The smallest absolute Gasteiger partial charge is 0.394 e. The Balaban J connectivity index is 1.52. The molecule has 1 aromatic carbocycles. The van der Waals surface area contributed by atoms with Gasteiger partial charge in [0, 0.05) is 18.1 Å². The van der Waals surface area contributed by atoms with Crippen LogP contribution in [0.25, 0.3) is 0 Å². The van der Waals surface area contributed by atoms with Crippen LogP contribution in [0.1, 0.15) is 37.5 Å². The van der Waals surface area contributed by atoms with Gasteiger partial charge in [-0.1, -0.05) is 25.7 Å². The van der Waals surface area contributed by atoms with Gasteiger partial charge in [0.2, 0.25) is 0 Å². The number of anilines is 3. The summed E-state index contributed by atoms with van der Waals surface area (Å²) in [5.74, 6) is 3.08. The van der Waals surface area contributed by atoms with E-state index >= 15 is 0 Å². The van der Waals surface area contributed by atoms with Crippen molar-refractivity contribution in [3.8, 4) is 11.8 Å². The first kappa shape index (κ1) is 31.7. The van der Waals surface area contributed by atoms with Crippen molar-refractivity contribution in [1.29, 1.82) is 0 Å². The lowest BCUT2D eigenvalue weighted by Crippen LogP contribution is -2.40. The molecular weight excluding hydrogens is 579 g/mol. The van der Waals surface area contributed by atoms with Gasteiger partial charge in [0.05, 0.1) is 42.5 Å². The summed E-state index contributed by atoms with van der Waals surface area (Å²) in [6.45, 7) is 2.77. The number of rotatable bonds is 9. The molecule has 2 aliphatic heterocycles.